The van der Waals surface area contributed by atoms with E-state index in [1.807, 2.05) is 0 Å². The molecule has 2 N–H and O–H groups in total. The molecule has 2 heteroatoms. The highest BCUT2D eigenvalue weighted by Crippen LogP contribution is 2.35. The quantitative estimate of drug-likeness (QED) is 0.845. The molecule has 1 aliphatic heterocycles. The van der Waals surface area contributed by atoms with Gasteiger partial charge in [0.2, 0.25) is 0 Å². The van der Waals surface area contributed by atoms with Gasteiger partial charge in [0.05, 0.1) is 0 Å². The third kappa shape index (κ3) is 3.17. The van der Waals surface area contributed by atoms with E-state index in [0.717, 1.165) is 12.5 Å². The van der Waals surface area contributed by atoms with Crippen LogP contribution in [-0.2, 0) is 12.8 Å². The lowest BCUT2D eigenvalue weighted by Crippen LogP contribution is -2.54. The second-order valence-electron chi connectivity index (χ2n) is 7.22. The van der Waals surface area contributed by atoms with Gasteiger partial charge in [0.15, 0.2) is 0 Å². The van der Waals surface area contributed by atoms with Crippen molar-refractivity contribution >= 4 is 0 Å². The van der Waals surface area contributed by atoms with Gasteiger partial charge in [-0.1, -0.05) is 44.0 Å². The van der Waals surface area contributed by atoms with Crippen LogP contribution in [0.1, 0.15) is 50.2 Å². The number of nitrogens with zero attached hydrogens (tertiary/aromatic N) is 1. The second-order valence-corrected chi connectivity index (χ2v) is 7.22. The molecule has 1 aromatic carbocycles. The van der Waals surface area contributed by atoms with E-state index >= 15 is 0 Å². The Labute approximate surface area is 129 Å². The van der Waals surface area contributed by atoms with E-state index in [1.165, 1.54) is 58.0 Å². The molecule has 1 fully saturated rings. The van der Waals surface area contributed by atoms with Crippen molar-refractivity contribution in [2.75, 3.05) is 19.6 Å². The smallest absolute Gasteiger partial charge is 0.0332 e. The van der Waals surface area contributed by atoms with Crippen molar-refractivity contribution in [1.29, 1.82) is 0 Å². The van der Waals surface area contributed by atoms with E-state index in [2.05, 4.69) is 36.1 Å². The van der Waals surface area contributed by atoms with Gasteiger partial charge in [0.1, 0.15) is 0 Å². The molecule has 0 saturated heterocycles. The summed E-state index contributed by atoms with van der Waals surface area (Å²) in [5.41, 5.74) is 9.67. The fraction of sp³-hybridized carbons (Fsp3) is 0.684. The van der Waals surface area contributed by atoms with E-state index in [-0.39, 0.29) is 5.54 Å². The second kappa shape index (κ2) is 6.50. The standard InChI is InChI=1S/C19H30N2/c1-16-5-4-11-19(15-20,12-8-16)21-13-9-17-6-2-3-7-18(17)10-14-21/h2-3,6-7,16H,4-5,8-15,20H2,1H3. The molecule has 1 saturated carbocycles. The first-order chi connectivity index (χ1) is 10.2. The van der Waals surface area contributed by atoms with Gasteiger partial charge in [-0.15, -0.1) is 0 Å². The molecule has 3 rings (SSSR count). The molecular weight excluding hydrogens is 256 g/mol. The van der Waals surface area contributed by atoms with Crippen LogP contribution in [0.25, 0.3) is 0 Å². The predicted octanol–water partition coefficient (Wildman–Crippen LogP) is 3.38. The highest BCUT2D eigenvalue weighted by Gasteiger charge is 2.37. The zero-order valence-electron chi connectivity index (χ0n) is 13.5. The fourth-order valence-corrected chi connectivity index (χ4v) is 4.36. The molecule has 0 spiro atoms. The summed E-state index contributed by atoms with van der Waals surface area (Å²) in [6.45, 7) is 5.60. The Morgan fingerprint density at radius 1 is 1.10 bits per heavy atom. The van der Waals surface area contributed by atoms with Crippen LogP contribution in [0.4, 0.5) is 0 Å². The summed E-state index contributed by atoms with van der Waals surface area (Å²) in [6, 6.07) is 8.98. The largest absolute Gasteiger partial charge is 0.329 e. The molecule has 116 valence electrons. The van der Waals surface area contributed by atoms with Crippen molar-refractivity contribution in [3.8, 4) is 0 Å². The summed E-state index contributed by atoms with van der Waals surface area (Å²) in [5.74, 6) is 0.877. The molecule has 1 aliphatic carbocycles. The minimum Gasteiger partial charge on any atom is -0.329 e. The van der Waals surface area contributed by atoms with Crippen molar-refractivity contribution in [2.24, 2.45) is 11.7 Å². The van der Waals surface area contributed by atoms with Crippen molar-refractivity contribution in [2.45, 2.75) is 57.4 Å². The molecule has 0 bridgehead atoms. The van der Waals surface area contributed by atoms with Crippen LogP contribution in [0.5, 0.6) is 0 Å². The van der Waals surface area contributed by atoms with Gasteiger partial charge in [-0.05, 0) is 49.1 Å². The van der Waals surface area contributed by atoms with Crippen LogP contribution >= 0.6 is 0 Å². The third-order valence-electron chi connectivity index (χ3n) is 5.91. The van der Waals surface area contributed by atoms with Crippen molar-refractivity contribution in [3.63, 3.8) is 0 Å². The Hall–Kier alpha value is -0.860. The summed E-state index contributed by atoms with van der Waals surface area (Å²) in [4.78, 5) is 2.74. The molecule has 2 atom stereocenters. The predicted molar refractivity (Wildman–Crippen MR) is 89.5 cm³/mol. The Balaban J connectivity index is 1.76. The monoisotopic (exact) mass is 286 g/mol. The van der Waals surface area contributed by atoms with Crippen LogP contribution in [0.3, 0.4) is 0 Å². The summed E-state index contributed by atoms with van der Waals surface area (Å²) in [7, 11) is 0. The minimum atomic E-state index is 0.271. The van der Waals surface area contributed by atoms with Gasteiger partial charge >= 0.3 is 0 Å². The summed E-state index contributed by atoms with van der Waals surface area (Å²) in [5, 5.41) is 0. The summed E-state index contributed by atoms with van der Waals surface area (Å²) in [6.07, 6.45) is 9.05. The molecule has 0 aromatic heterocycles. The Morgan fingerprint density at radius 3 is 2.38 bits per heavy atom. The van der Waals surface area contributed by atoms with Crippen LogP contribution in [0, 0.1) is 5.92 Å². The highest BCUT2D eigenvalue weighted by atomic mass is 15.2. The van der Waals surface area contributed by atoms with Crippen molar-refractivity contribution in [1.82, 2.24) is 4.90 Å². The van der Waals surface area contributed by atoms with E-state index in [4.69, 9.17) is 5.73 Å². The van der Waals surface area contributed by atoms with Gasteiger partial charge in [-0.2, -0.15) is 0 Å². The summed E-state index contributed by atoms with van der Waals surface area (Å²) < 4.78 is 0. The van der Waals surface area contributed by atoms with Gasteiger partial charge < -0.3 is 5.73 Å². The Bertz CT molecular complexity index is 443. The first-order valence-electron chi connectivity index (χ1n) is 8.75. The number of hydrogen-bond acceptors (Lipinski definition) is 2. The molecule has 2 unspecified atom stereocenters. The van der Waals surface area contributed by atoms with Gasteiger partial charge in [-0.3, -0.25) is 4.90 Å². The number of nitrogens with two attached hydrogens (primary N) is 1. The maximum Gasteiger partial charge on any atom is 0.0332 e. The van der Waals surface area contributed by atoms with E-state index < -0.39 is 0 Å². The first kappa shape index (κ1) is 15.1. The molecule has 21 heavy (non-hydrogen) atoms. The number of fused-ring (bicyclic) bond motifs is 1. The van der Waals surface area contributed by atoms with E-state index in [0.29, 0.717) is 0 Å². The maximum absolute atomic E-state index is 6.30. The molecule has 0 radical (unpaired) electrons. The number of hydrogen-bond donors (Lipinski definition) is 1. The number of rotatable bonds is 2. The zero-order valence-corrected chi connectivity index (χ0v) is 13.5. The van der Waals surface area contributed by atoms with Crippen LogP contribution in [-0.4, -0.2) is 30.1 Å². The van der Waals surface area contributed by atoms with Crippen LogP contribution in [0.15, 0.2) is 24.3 Å². The first-order valence-corrected chi connectivity index (χ1v) is 8.75. The average Bonchev–Trinajstić information content (AvgIpc) is 2.84. The van der Waals surface area contributed by atoms with Gasteiger partial charge in [0, 0.05) is 25.2 Å². The van der Waals surface area contributed by atoms with Crippen molar-refractivity contribution in [3.05, 3.63) is 35.4 Å². The SMILES string of the molecule is CC1CCCC(CN)(N2CCc3ccccc3CC2)CC1. The molecule has 2 aliphatic rings. The molecule has 1 aromatic rings. The molecule has 0 amide bonds. The number of benzene rings is 1. The average molecular weight is 286 g/mol. The lowest BCUT2D eigenvalue weighted by atomic mass is 9.87. The summed E-state index contributed by atoms with van der Waals surface area (Å²) >= 11 is 0. The molecular formula is C19H30N2. The maximum atomic E-state index is 6.30. The Kier molecular flexibility index (Phi) is 4.66. The van der Waals surface area contributed by atoms with E-state index in [9.17, 15) is 0 Å². The minimum absolute atomic E-state index is 0.271. The normalized spacial score (nSPS) is 31.2. The zero-order chi connectivity index (χ0) is 14.7. The van der Waals surface area contributed by atoms with E-state index in [1.54, 1.807) is 11.1 Å². The van der Waals surface area contributed by atoms with Gasteiger partial charge in [-0.25, -0.2) is 0 Å². The fourth-order valence-electron chi connectivity index (χ4n) is 4.36. The molecule has 2 nitrogen and oxygen atoms in total. The van der Waals surface area contributed by atoms with Crippen LogP contribution < -0.4 is 5.73 Å². The Morgan fingerprint density at radius 2 is 1.76 bits per heavy atom. The van der Waals surface area contributed by atoms with Gasteiger partial charge in [0.25, 0.3) is 0 Å². The lowest BCUT2D eigenvalue weighted by molar-refractivity contribution is 0.0816. The topological polar surface area (TPSA) is 29.3 Å². The third-order valence-corrected chi connectivity index (χ3v) is 5.91. The van der Waals surface area contributed by atoms with Crippen LogP contribution in [0.2, 0.25) is 0 Å². The van der Waals surface area contributed by atoms with Crippen molar-refractivity contribution < 1.29 is 0 Å². The molecule has 1 heterocycles. The lowest BCUT2D eigenvalue weighted by Gasteiger charge is -2.43. The highest BCUT2D eigenvalue weighted by molar-refractivity contribution is 5.28.